The fourth-order valence-corrected chi connectivity index (χ4v) is 4.24. The number of sulfone groups is 1. The van der Waals surface area contributed by atoms with Crippen LogP contribution in [0.1, 0.15) is 22.3 Å². The predicted molar refractivity (Wildman–Crippen MR) is 87.8 cm³/mol. The minimum atomic E-state index is -3.17. The van der Waals surface area contributed by atoms with Crippen LogP contribution in [0.5, 0.6) is 5.75 Å². The summed E-state index contributed by atoms with van der Waals surface area (Å²) in [4.78, 5) is 12.6. The first-order chi connectivity index (χ1) is 11.0. The molecule has 0 bridgehead atoms. The third kappa shape index (κ3) is 3.22. The van der Waals surface area contributed by atoms with Gasteiger partial charge in [0, 0.05) is 11.3 Å². The third-order valence-corrected chi connectivity index (χ3v) is 5.76. The quantitative estimate of drug-likeness (QED) is 0.938. The number of rotatable bonds is 3. The largest absolute Gasteiger partial charge is 0.497 e. The maximum absolute atomic E-state index is 12.2. The van der Waals surface area contributed by atoms with E-state index in [9.17, 15) is 13.2 Å². The molecule has 1 aliphatic rings. The first-order valence-corrected chi connectivity index (χ1v) is 8.96. The number of benzene rings is 2. The summed E-state index contributed by atoms with van der Waals surface area (Å²) in [6.07, 6.45) is 1.33. The maximum atomic E-state index is 12.2. The topological polar surface area (TPSA) is 72.5 Å². The minimum Gasteiger partial charge on any atom is -0.497 e. The van der Waals surface area contributed by atoms with E-state index in [-0.39, 0.29) is 11.7 Å². The standard InChI is InChI=1S/C17H17NO4S/c1-22-15-7-4-12(5-8-15)17(19)18-14-6-9-16-13(11-14)3-2-10-23(16,20)21/h4-9,11H,2-3,10H2,1H3,(H,18,19). The molecule has 0 spiro atoms. The molecule has 6 heteroatoms. The van der Waals surface area contributed by atoms with Crippen LogP contribution in [-0.2, 0) is 16.3 Å². The van der Waals surface area contributed by atoms with Crippen LogP contribution in [0.3, 0.4) is 0 Å². The van der Waals surface area contributed by atoms with Gasteiger partial charge in [-0.1, -0.05) is 0 Å². The van der Waals surface area contributed by atoms with Crippen LogP contribution in [0, 0.1) is 0 Å². The molecule has 3 rings (SSSR count). The van der Waals surface area contributed by atoms with Gasteiger partial charge >= 0.3 is 0 Å². The molecule has 0 aliphatic carbocycles. The number of hydrogen-bond acceptors (Lipinski definition) is 4. The van der Waals surface area contributed by atoms with Crippen LogP contribution in [-0.4, -0.2) is 27.2 Å². The maximum Gasteiger partial charge on any atom is 0.255 e. The number of fused-ring (bicyclic) bond motifs is 1. The summed E-state index contributed by atoms with van der Waals surface area (Å²) in [7, 11) is -1.61. The van der Waals surface area contributed by atoms with Gasteiger partial charge in [-0.15, -0.1) is 0 Å². The van der Waals surface area contributed by atoms with E-state index < -0.39 is 9.84 Å². The molecule has 5 nitrogen and oxygen atoms in total. The summed E-state index contributed by atoms with van der Waals surface area (Å²) in [5.41, 5.74) is 1.88. The molecule has 2 aromatic carbocycles. The SMILES string of the molecule is COc1ccc(C(=O)Nc2ccc3c(c2)CCCS3(=O)=O)cc1. The molecule has 0 atom stereocenters. The second-order valence-electron chi connectivity index (χ2n) is 5.43. The van der Waals surface area contributed by atoms with Crippen LogP contribution in [0.15, 0.2) is 47.4 Å². The van der Waals surface area contributed by atoms with E-state index in [1.807, 2.05) is 0 Å². The van der Waals surface area contributed by atoms with Gasteiger partial charge in [0.25, 0.3) is 5.91 Å². The molecular formula is C17H17NO4S. The molecular weight excluding hydrogens is 314 g/mol. The normalized spacial score (nSPS) is 15.5. The Morgan fingerprint density at radius 2 is 1.87 bits per heavy atom. The van der Waals surface area contributed by atoms with Crippen LogP contribution < -0.4 is 10.1 Å². The second kappa shape index (κ2) is 6.04. The fraction of sp³-hybridized carbons (Fsp3) is 0.235. The highest BCUT2D eigenvalue weighted by Crippen LogP contribution is 2.27. The van der Waals surface area contributed by atoms with Gasteiger partial charge < -0.3 is 10.1 Å². The van der Waals surface area contributed by atoms with Gasteiger partial charge in [-0.3, -0.25) is 4.79 Å². The number of ether oxygens (including phenoxy) is 1. The third-order valence-electron chi connectivity index (χ3n) is 3.86. The molecule has 120 valence electrons. The zero-order valence-corrected chi connectivity index (χ0v) is 13.5. The number of aryl methyl sites for hydroxylation is 1. The lowest BCUT2D eigenvalue weighted by Crippen LogP contribution is -2.17. The van der Waals surface area contributed by atoms with Crippen molar-refractivity contribution in [2.45, 2.75) is 17.7 Å². The van der Waals surface area contributed by atoms with E-state index in [0.717, 1.165) is 5.56 Å². The molecule has 0 unspecified atom stereocenters. The number of amides is 1. The smallest absolute Gasteiger partial charge is 0.255 e. The van der Waals surface area contributed by atoms with Crippen molar-refractivity contribution in [1.29, 1.82) is 0 Å². The van der Waals surface area contributed by atoms with Crippen LogP contribution in [0.2, 0.25) is 0 Å². The van der Waals surface area contributed by atoms with Crippen molar-refractivity contribution in [3.63, 3.8) is 0 Å². The van der Waals surface area contributed by atoms with Crippen LogP contribution in [0.4, 0.5) is 5.69 Å². The van der Waals surface area contributed by atoms with Crippen molar-refractivity contribution in [3.8, 4) is 5.75 Å². The lowest BCUT2D eigenvalue weighted by atomic mass is 10.1. The Morgan fingerprint density at radius 3 is 2.57 bits per heavy atom. The number of anilines is 1. The first-order valence-electron chi connectivity index (χ1n) is 7.31. The van der Waals surface area contributed by atoms with Crippen LogP contribution in [0.25, 0.3) is 0 Å². The van der Waals surface area contributed by atoms with Crippen molar-refractivity contribution in [2.24, 2.45) is 0 Å². The first kappa shape index (κ1) is 15.6. The van der Waals surface area contributed by atoms with Gasteiger partial charge in [0.1, 0.15) is 5.75 Å². The zero-order chi connectivity index (χ0) is 16.4. The van der Waals surface area contributed by atoms with Crippen molar-refractivity contribution in [3.05, 3.63) is 53.6 Å². The molecule has 0 radical (unpaired) electrons. The lowest BCUT2D eigenvalue weighted by molar-refractivity contribution is 0.102. The van der Waals surface area contributed by atoms with Crippen LogP contribution >= 0.6 is 0 Å². The highest BCUT2D eigenvalue weighted by molar-refractivity contribution is 7.91. The Kier molecular flexibility index (Phi) is 4.09. The number of nitrogens with one attached hydrogen (secondary N) is 1. The summed E-state index contributed by atoms with van der Waals surface area (Å²) in [6.45, 7) is 0. The van der Waals surface area contributed by atoms with E-state index in [0.29, 0.717) is 34.7 Å². The summed E-state index contributed by atoms with van der Waals surface area (Å²) < 4.78 is 29.0. The average Bonchev–Trinajstić information content (AvgIpc) is 2.54. The van der Waals surface area contributed by atoms with Crippen molar-refractivity contribution >= 4 is 21.4 Å². The molecule has 23 heavy (non-hydrogen) atoms. The molecule has 1 heterocycles. The molecule has 0 aromatic heterocycles. The summed E-state index contributed by atoms with van der Waals surface area (Å²) in [6, 6.07) is 11.7. The highest BCUT2D eigenvalue weighted by Gasteiger charge is 2.23. The second-order valence-corrected chi connectivity index (χ2v) is 7.51. The van der Waals surface area contributed by atoms with Crippen molar-refractivity contribution < 1.29 is 17.9 Å². The predicted octanol–water partition coefficient (Wildman–Crippen LogP) is 2.67. The van der Waals surface area contributed by atoms with E-state index in [4.69, 9.17) is 4.74 Å². The molecule has 1 aliphatic heterocycles. The Labute approximate surface area is 135 Å². The summed E-state index contributed by atoms with van der Waals surface area (Å²) >= 11 is 0. The number of methoxy groups -OCH3 is 1. The van der Waals surface area contributed by atoms with E-state index in [1.54, 1.807) is 49.6 Å². The van der Waals surface area contributed by atoms with E-state index in [2.05, 4.69) is 5.32 Å². The molecule has 2 aromatic rings. The Bertz CT molecular complexity index is 841. The highest BCUT2D eigenvalue weighted by atomic mass is 32.2. The van der Waals surface area contributed by atoms with E-state index in [1.165, 1.54) is 0 Å². The molecule has 1 amide bonds. The van der Waals surface area contributed by atoms with Gasteiger partial charge in [-0.05, 0) is 60.9 Å². The minimum absolute atomic E-state index is 0.192. The Morgan fingerprint density at radius 1 is 1.13 bits per heavy atom. The monoisotopic (exact) mass is 331 g/mol. The molecule has 1 N–H and O–H groups in total. The lowest BCUT2D eigenvalue weighted by Gasteiger charge is -2.17. The summed E-state index contributed by atoms with van der Waals surface area (Å²) in [5.74, 6) is 0.629. The molecule has 0 saturated carbocycles. The Balaban J connectivity index is 1.81. The molecule has 0 fully saturated rings. The van der Waals surface area contributed by atoms with Gasteiger partial charge in [-0.2, -0.15) is 0 Å². The average molecular weight is 331 g/mol. The van der Waals surface area contributed by atoms with Gasteiger partial charge in [-0.25, -0.2) is 8.42 Å². The summed E-state index contributed by atoms with van der Waals surface area (Å²) in [5, 5.41) is 2.80. The Hall–Kier alpha value is -2.34. The zero-order valence-electron chi connectivity index (χ0n) is 12.7. The number of carbonyl (C=O) groups is 1. The fourth-order valence-electron chi connectivity index (χ4n) is 2.66. The van der Waals surface area contributed by atoms with Crippen molar-refractivity contribution in [1.82, 2.24) is 0 Å². The van der Waals surface area contributed by atoms with Gasteiger partial charge in [0.05, 0.1) is 17.8 Å². The number of carbonyl (C=O) groups excluding carboxylic acids is 1. The van der Waals surface area contributed by atoms with Gasteiger partial charge in [0.2, 0.25) is 0 Å². The number of hydrogen-bond donors (Lipinski definition) is 1. The van der Waals surface area contributed by atoms with Crippen molar-refractivity contribution in [2.75, 3.05) is 18.2 Å². The van der Waals surface area contributed by atoms with Gasteiger partial charge in [0.15, 0.2) is 9.84 Å². The van der Waals surface area contributed by atoms with E-state index >= 15 is 0 Å². The molecule has 0 saturated heterocycles.